The molecular weight excluding hydrogens is 897 g/mol. The normalized spacial score (nSPS) is 45.4. The summed E-state index contributed by atoms with van der Waals surface area (Å²) in [5.41, 5.74) is -0.220. The van der Waals surface area contributed by atoms with E-state index in [0.29, 0.717) is 50.0 Å². The average molecular weight is 977 g/mol. The lowest BCUT2D eigenvalue weighted by Crippen LogP contribution is -2.58. The van der Waals surface area contributed by atoms with Crippen LogP contribution in [0.25, 0.3) is 0 Å². The van der Waals surface area contributed by atoms with Crippen LogP contribution in [0.1, 0.15) is 87.0 Å². The lowest BCUT2D eigenvalue weighted by molar-refractivity contribution is -0.318. The van der Waals surface area contributed by atoms with E-state index in [1.54, 1.807) is 40.4 Å². The van der Waals surface area contributed by atoms with Crippen molar-refractivity contribution in [3.05, 3.63) is 59.3 Å². The summed E-state index contributed by atoms with van der Waals surface area (Å²) in [6, 6.07) is 0. The predicted octanol–water partition coefficient (Wildman–Crippen LogP) is 4.99. The smallest absolute Gasteiger partial charge is 0.316 e. The first-order valence-corrected chi connectivity index (χ1v) is 25.1. The number of hydrogen-bond donors (Lipinski definition) is 3. The Morgan fingerprint density at radius 3 is 2.36 bits per heavy atom. The van der Waals surface area contributed by atoms with Gasteiger partial charge < -0.3 is 76.9 Å². The Morgan fingerprint density at radius 1 is 0.884 bits per heavy atom. The van der Waals surface area contributed by atoms with Crippen molar-refractivity contribution in [3.63, 3.8) is 0 Å². The molecule has 69 heavy (non-hydrogen) atoms. The summed E-state index contributed by atoms with van der Waals surface area (Å²) in [5, 5.41) is 35.0. The Bertz CT molecular complexity index is 1850. The van der Waals surface area contributed by atoms with E-state index in [9.17, 15) is 20.1 Å². The summed E-state index contributed by atoms with van der Waals surface area (Å²) in [6.45, 7) is 14.8. The molecule has 1 spiro atoms. The molecule has 17 heteroatoms. The van der Waals surface area contributed by atoms with Gasteiger partial charge in [0.05, 0.1) is 69.2 Å². The number of allylic oxidation sites excluding steroid dienone is 2. The third kappa shape index (κ3) is 12.3. The van der Waals surface area contributed by atoms with Gasteiger partial charge in [0.1, 0.15) is 48.8 Å². The molecule has 4 saturated heterocycles. The second-order valence-electron chi connectivity index (χ2n) is 20.2. The van der Waals surface area contributed by atoms with Crippen LogP contribution < -0.4 is 0 Å². The molecule has 390 valence electrons. The number of ether oxygens (including phenoxy) is 13. The zero-order chi connectivity index (χ0) is 49.6. The van der Waals surface area contributed by atoms with E-state index in [4.69, 9.17) is 61.6 Å². The third-order valence-corrected chi connectivity index (χ3v) is 15.2. The Hall–Kier alpha value is -2.43. The molecule has 0 radical (unpaired) electrons. The summed E-state index contributed by atoms with van der Waals surface area (Å²) in [5.74, 6) is -2.92. The Morgan fingerprint density at radius 2 is 1.62 bits per heavy atom. The maximum atomic E-state index is 14.7. The van der Waals surface area contributed by atoms with Crippen molar-refractivity contribution in [2.75, 3.05) is 54.5 Å². The van der Waals surface area contributed by atoms with Crippen LogP contribution in [-0.2, 0) is 66.4 Å². The number of aliphatic hydroxyl groups excluding tert-OH is 2. The number of hydrogen-bond acceptors (Lipinski definition) is 17. The maximum Gasteiger partial charge on any atom is 0.316 e. The van der Waals surface area contributed by atoms with Crippen LogP contribution in [0.2, 0.25) is 0 Å². The van der Waals surface area contributed by atoms with Gasteiger partial charge in [0.25, 0.3) is 0 Å². The van der Waals surface area contributed by atoms with Gasteiger partial charge in [-0.05, 0) is 55.9 Å². The van der Waals surface area contributed by atoms with Crippen LogP contribution in [0.4, 0.5) is 0 Å². The van der Waals surface area contributed by atoms with Crippen molar-refractivity contribution in [2.24, 2.45) is 23.7 Å². The SMILES string of the molecule is CC[C@H](C)[C@H]1O[C@]2(C=C[C@@H]1C)C[C@@H]1C[C@@H](C/C=C(\C)[C@@H](O[C@H]3C[C@H](OC)[C@@H](O[C@H]4C[C@H](OC)[C@@H](O)[C@H](C)O4)[C@H](C)O3)[C@@H](C)/C=C/C=C3\CO[C@@H]4[C@H](O)C(COCOCCOC)=C[C@@H](C(=O)O1)[C@]34O)O2. The molecule has 3 N–H and O–H groups in total. The molecule has 0 saturated carbocycles. The minimum Gasteiger partial charge on any atom is -0.462 e. The van der Waals surface area contributed by atoms with E-state index >= 15 is 0 Å². The molecule has 0 aromatic rings. The molecule has 6 heterocycles. The third-order valence-electron chi connectivity index (χ3n) is 15.2. The van der Waals surface area contributed by atoms with Gasteiger partial charge in [0, 0.05) is 58.8 Å². The molecule has 0 aromatic carbocycles. The zero-order valence-electron chi connectivity index (χ0n) is 42.3. The number of aliphatic hydroxyl groups is 3. The van der Waals surface area contributed by atoms with Gasteiger partial charge in [-0.15, -0.1) is 0 Å². The first kappa shape index (κ1) is 54.3. The van der Waals surface area contributed by atoms with Crippen LogP contribution in [0, 0.1) is 23.7 Å². The van der Waals surface area contributed by atoms with Gasteiger partial charge >= 0.3 is 5.97 Å². The van der Waals surface area contributed by atoms with Crippen molar-refractivity contribution >= 4 is 5.97 Å². The Balaban J connectivity index is 1.19. The summed E-state index contributed by atoms with van der Waals surface area (Å²) in [4.78, 5) is 14.7. The molecule has 7 rings (SSSR count). The fraction of sp³-hybridized carbons (Fsp3) is 0.788. The van der Waals surface area contributed by atoms with Gasteiger partial charge in [-0.3, -0.25) is 4.79 Å². The van der Waals surface area contributed by atoms with E-state index in [-0.39, 0.29) is 50.3 Å². The van der Waals surface area contributed by atoms with Crippen molar-refractivity contribution in [1.82, 2.24) is 0 Å². The van der Waals surface area contributed by atoms with Gasteiger partial charge in [0.2, 0.25) is 0 Å². The highest BCUT2D eigenvalue weighted by atomic mass is 16.7. The van der Waals surface area contributed by atoms with E-state index in [1.807, 2.05) is 32.1 Å². The molecule has 17 nitrogen and oxygen atoms in total. The summed E-state index contributed by atoms with van der Waals surface area (Å²) < 4.78 is 80.4. The lowest BCUT2D eigenvalue weighted by Gasteiger charge is -2.48. The number of methoxy groups -OCH3 is 3. The maximum absolute atomic E-state index is 14.7. The molecule has 0 unspecified atom stereocenters. The minimum atomic E-state index is -1.95. The topological polar surface area (TPSA) is 198 Å². The molecule has 20 atom stereocenters. The van der Waals surface area contributed by atoms with Crippen molar-refractivity contribution in [1.29, 1.82) is 0 Å². The molecule has 6 aliphatic heterocycles. The van der Waals surface area contributed by atoms with Crippen molar-refractivity contribution in [2.45, 2.75) is 184 Å². The fourth-order valence-electron chi connectivity index (χ4n) is 11.0. The van der Waals surface area contributed by atoms with Crippen LogP contribution in [0.15, 0.2) is 59.3 Å². The van der Waals surface area contributed by atoms with Crippen molar-refractivity contribution < 1.29 is 81.7 Å². The lowest BCUT2D eigenvalue weighted by atomic mass is 9.70. The minimum absolute atomic E-state index is 0.0368. The first-order valence-electron chi connectivity index (χ1n) is 25.1. The van der Waals surface area contributed by atoms with Gasteiger partial charge in [0.15, 0.2) is 18.4 Å². The standard InChI is InChI=1S/C52H80O17/c1-11-29(2)47-32(5)17-18-51(69-47)25-38-22-37(68-51)16-15-31(4)46(66-43-24-41(59-10)48(34(7)64-43)67-42-23-40(58-9)44(53)33(6)63-42)30(3)13-12-14-36-27-62-49-45(54)35(26-61-28-60-20-19-57-8)21-39(50(55)65-38)52(36,49)56/h12-15,17-18,21,29-30,32-34,37-49,53-54,56H,11,16,19-20,22-28H2,1-10H3/b13-12+,31-15+,36-14+/t29-,30-,32-,33-,34-,37+,38-,39-,40-,41-,42-,43-,44-,45+,46-,47+,48-,49+,51+,52+/m0/s1. The summed E-state index contributed by atoms with van der Waals surface area (Å²) in [6.07, 6.45) is 7.57. The molecule has 2 bridgehead atoms. The quantitative estimate of drug-likeness (QED) is 0.0858. The van der Waals surface area contributed by atoms with E-state index in [0.717, 1.165) is 12.0 Å². The molecule has 0 amide bonds. The van der Waals surface area contributed by atoms with Gasteiger partial charge in [-0.2, -0.15) is 0 Å². The van der Waals surface area contributed by atoms with Gasteiger partial charge in [-0.1, -0.05) is 70.6 Å². The highest BCUT2D eigenvalue weighted by molar-refractivity contribution is 5.78. The average Bonchev–Trinajstić information content (AvgIpc) is 3.67. The molecule has 7 aliphatic rings. The number of carbonyl (C=O) groups is 1. The largest absolute Gasteiger partial charge is 0.462 e. The molecule has 0 aromatic heterocycles. The number of fused-ring (bicyclic) bond motifs is 2. The Kier molecular flexibility index (Phi) is 19.0. The molecule has 4 fully saturated rings. The van der Waals surface area contributed by atoms with Gasteiger partial charge in [-0.25, -0.2) is 0 Å². The predicted molar refractivity (Wildman–Crippen MR) is 250 cm³/mol. The van der Waals surface area contributed by atoms with Crippen molar-refractivity contribution in [3.8, 4) is 0 Å². The van der Waals surface area contributed by atoms with Crippen LogP contribution in [0.3, 0.4) is 0 Å². The van der Waals surface area contributed by atoms with Crippen LogP contribution >= 0.6 is 0 Å². The van der Waals surface area contributed by atoms with E-state index in [1.165, 1.54) is 0 Å². The molecular formula is C52H80O17. The number of carbonyl (C=O) groups excluding carboxylic acids is 1. The monoisotopic (exact) mass is 977 g/mol. The summed E-state index contributed by atoms with van der Waals surface area (Å²) >= 11 is 0. The highest BCUT2D eigenvalue weighted by Crippen LogP contribution is 2.47. The van der Waals surface area contributed by atoms with E-state index in [2.05, 4.69) is 39.8 Å². The summed E-state index contributed by atoms with van der Waals surface area (Å²) in [7, 11) is 4.79. The fourth-order valence-corrected chi connectivity index (χ4v) is 11.0. The first-order chi connectivity index (χ1) is 33.0. The second kappa shape index (κ2) is 24.1. The highest BCUT2D eigenvalue weighted by Gasteiger charge is 2.60. The second-order valence-corrected chi connectivity index (χ2v) is 20.2. The van der Waals surface area contributed by atoms with Crippen LogP contribution in [-0.4, -0.2) is 173 Å². The Labute approximate surface area is 408 Å². The molecule has 1 aliphatic carbocycles. The zero-order valence-corrected chi connectivity index (χ0v) is 42.3. The number of esters is 1. The number of rotatable bonds is 15. The van der Waals surface area contributed by atoms with Crippen LogP contribution in [0.5, 0.6) is 0 Å². The van der Waals surface area contributed by atoms with E-state index < -0.39 is 103 Å².